The summed E-state index contributed by atoms with van der Waals surface area (Å²) >= 11 is 0. The summed E-state index contributed by atoms with van der Waals surface area (Å²) in [5, 5.41) is 6.28. The van der Waals surface area contributed by atoms with E-state index in [0.29, 0.717) is 37.0 Å². The second-order valence-corrected chi connectivity index (χ2v) is 7.00. The van der Waals surface area contributed by atoms with Crippen LogP contribution in [0.2, 0.25) is 0 Å². The molecule has 2 aromatic carbocycles. The third-order valence-corrected chi connectivity index (χ3v) is 5.03. The molecule has 0 aliphatic carbocycles. The van der Waals surface area contributed by atoms with Crippen LogP contribution in [-0.4, -0.2) is 24.2 Å². The third-order valence-electron chi connectivity index (χ3n) is 5.03. The van der Waals surface area contributed by atoms with Crippen molar-refractivity contribution in [2.45, 2.75) is 32.5 Å². The van der Waals surface area contributed by atoms with Gasteiger partial charge in [0.15, 0.2) is 11.5 Å². The standard InChI is InChI=1S/C22H23NO4/c24-22(9-8-16-10-11-25-13-16)21-12-19(27-23-21)15-26-14-18-6-3-5-17-4-1-2-7-20(17)18/h1-7,12,16H,8-11,13-15H2. The van der Waals surface area contributed by atoms with Gasteiger partial charge in [-0.2, -0.15) is 0 Å². The number of ether oxygens (including phenoxy) is 2. The van der Waals surface area contributed by atoms with Crippen molar-refractivity contribution >= 4 is 16.6 Å². The van der Waals surface area contributed by atoms with E-state index in [4.69, 9.17) is 14.0 Å². The Morgan fingerprint density at radius 3 is 2.93 bits per heavy atom. The molecule has 1 aromatic heterocycles. The van der Waals surface area contributed by atoms with E-state index >= 15 is 0 Å². The number of fused-ring (bicyclic) bond motifs is 1. The monoisotopic (exact) mass is 365 g/mol. The molecule has 1 fully saturated rings. The number of hydrogen-bond acceptors (Lipinski definition) is 5. The first-order chi connectivity index (χ1) is 13.3. The molecule has 0 saturated carbocycles. The molecule has 3 aromatic rings. The number of rotatable bonds is 8. The van der Waals surface area contributed by atoms with Crippen molar-refractivity contribution in [1.29, 1.82) is 0 Å². The van der Waals surface area contributed by atoms with Crippen molar-refractivity contribution < 1.29 is 18.8 Å². The Hall–Kier alpha value is -2.50. The van der Waals surface area contributed by atoms with Gasteiger partial charge in [0.25, 0.3) is 0 Å². The fourth-order valence-electron chi connectivity index (χ4n) is 3.47. The Balaban J connectivity index is 1.29. The number of carbonyl (C=O) groups is 1. The van der Waals surface area contributed by atoms with Crippen LogP contribution < -0.4 is 0 Å². The molecule has 0 radical (unpaired) electrons. The Morgan fingerprint density at radius 2 is 2.04 bits per heavy atom. The number of nitrogens with zero attached hydrogens (tertiary/aromatic N) is 1. The third kappa shape index (κ3) is 4.43. The normalized spacial score (nSPS) is 16.8. The molecule has 1 aliphatic heterocycles. The summed E-state index contributed by atoms with van der Waals surface area (Å²) in [5.41, 5.74) is 1.51. The molecule has 140 valence electrons. The van der Waals surface area contributed by atoms with Crippen molar-refractivity contribution in [2.24, 2.45) is 5.92 Å². The maximum absolute atomic E-state index is 12.3. The summed E-state index contributed by atoms with van der Waals surface area (Å²) in [7, 11) is 0. The zero-order valence-electron chi connectivity index (χ0n) is 15.2. The maximum atomic E-state index is 12.3. The average molecular weight is 365 g/mol. The Bertz CT molecular complexity index is 906. The zero-order chi connectivity index (χ0) is 18.5. The first-order valence-corrected chi connectivity index (χ1v) is 9.40. The lowest BCUT2D eigenvalue weighted by molar-refractivity contribution is 0.0886. The van der Waals surface area contributed by atoms with Gasteiger partial charge in [-0.1, -0.05) is 47.6 Å². The number of aromatic nitrogens is 1. The minimum absolute atomic E-state index is 0.0194. The highest BCUT2D eigenvalue weighted by atomic mass is 16.5. The molecule has 4 rings (SSSR count). The maximum Gasteiger partial charge on any atom is 0.184 e. The molecule has 1 aliphatic rings. The van der Waals surface area contributed by atoms with Gasteiger partial charge < -0.3 is 14.0 Å². The van der Waals surface area contributed by atoms with E-state index in [-0.39, 0.29) is 5.78 Å². The predicted molar refractivity (Wildman–Crippen MR) is 101 cm³/mol. The molecule has 1 saturated heterocycles. The minimum Gasteiger partial charge on any atom is -0.381 e. The molecule has 2 heterocycles. The summed E-state index contributed by atoms with van der Waals surface area (Å²) in [6.45, 7) is 2.34. The van der Waals surface area contributed by atoms with Gasteiger partial charge >= 0.3 is 0 Å². The summed E-state index contributed by atoms with van der Waals surface area (Å²) in [6.07, 6.45) is 2.37. The lowest BCUT2D eigenvalue weighted by atomic mass is 10.00. The molecule has 5 nitrogen and oxygen atoms in total. The SMILES string of the molecule is O=C(CCC1CCOC1)c1cc(COCc2cccc3ccccc23)on1. The van der Waals surface area contributed by atoms with Gasteiger partial charge in [-0.3, -0.25) is 4.79 Å². The van der Waals surface area contributed by atoms with E-state index in [9.17, 15) is 4.79 Å². The van der Waals surface area contributed by atoms with Crippen molar-refractivity contribution in [2.75, 3.05) is 13.2 Å². The van der Waals surface area contributed by atoms with E-state index in [1.54, 1.807) is 6.07 Å². The summed E-state index contributed by atoms with van der Waals surface area (Å²) in [6, 6.07) is 16.1. The summed E-state index contributed by atoms with van der Waals surface area (Å²) in [4.78, 5) is 12.3. The average Bonchev–Trinajstić information content (AvgIpc) is 3.38. The molecule has 0 bridgehead atoms. The molecular weight excluding hydrogens is 342 g/mol. The van der Waals surface area contributed by atoms with Crippen LogP contribution in [0.25, 0.3) is 10.8 Å². The van der Waals surface area contributed by atoms with E-state index in [2.05, 4.69) is 29.4 Å². The lowest BCUT2D eigenvalue weighted by Gasteiger charge is -2.06. The van der Waals surface area contributed by atoms with Crippen molar-refractivity contribution in [1.82, 2.24) is 5.16 Å². The van der Waals surface area contributed by atoms with Crippen LogP contribution in [-0.2, 0) is 22.7 Å². The predicted octanol–water partition coefficient (Wildman–Crippen LogP) is 4.54. The van der Waals surface area contributed by atoms with Gasteiger partial charge in [-0.25, -0.2) is 0 Å². The summed E-state index contributed by atoms with van der Waals surface area (Å²) < 4.78 is 16.4. The van der Waals surface area contributed by atoms with Gasteiger partial charge in [-0.15, -0.1) is 0 Å². The fourth-order valence-corrected chi connectivity index (χ4v) is 3.47. The van der Waals surface area contributed by atoms with E-state index < -0.39 is 0 Å². The van der Waals surface area contributed by atoms with Crippen LogP contribution in [0.3, 0.4) is 0 Å². The highest BCUT2D eigenvalue weighted by Gasteiger charge is 2.19. The Kier molecular flexibility index (Phi) is 5.61. The molecule has 27 heavy (non-hydrogen) atoms. The van der Waals surface area contributed by atoms with Crippen LogP contribution in [0.5, 0.6) is 0 Å². The van der Waals surface area contributed by atoms with E-state index in [0.717, 1.165) is 31.6 Å². The first-order valence-electron chi connectivity index (χ1n) is 9.40. The fraction of sp³-hybridized carbons (Fsp3) is 0.364. The number of hydrogen-bond donors (Lipinski definition) is 0. The van der Waals surface area contributed by atoms with Gasteiger partial charge in [0, 0.05) is 25.7 Å². The van der Waals surface area contributed by atoms with Crippen LogP contribution >= 0.6 is 0 Å². The highest BCUT2D eigenvalue weighted by Crippen LogP contribution is 2.21. The quantitative estimate of drug-likeness (QED) is 0.548. The van der Waals surface area contributed by atoms with Gasteiger partial charge in [-0.05, 0) is 35.1 Å². The number of benzene rings is 2. The molecule has 1 atom stereocenters. The van der Waals surface area contributed by atoms with Crippen molar-refractivity contribution in [3.63, 3.8) is 0 Å². The molecule has 0 amide bonds. The van der Waals surface area contributed by atoms with Gasteiger partial charge in [0.1, 0.15) is 12.3 Å². The first kappa shape index (κ1) is 17.9. The van der Waals surface area contributed by atoms with Crippen LogP contribution in [0, 0.1) is 5.92 Å². The smallest absolute Gasteiger partial charge is 0.184 e. The Morgan fingerprint density at radius 1 is 1.15 bits per heavy atom. The van der Waals surface area contributed by atoms with Crippen molar-refractivity contribution in [3.05, 3.63) is 65.5 Å². The molecule has 5 heteroatoms. The number of Topliss-reactive ketones (excluding diaryl/α,β-unsaturated/α-hetero) is 1. The van der Waals surface area contributed by atoms with Crippen LogP contribution in [0.15, 0.2) is 53.1 Å². The molecule has 0 N–H and O–H groups in total. The van der Waals surface area contributed by atoms with Gasteiger partial charge in [0.2, 0.25) is 0 Å². The van der Waals surface area contributed by atoms with Crippen LogP contribution in [0.1, 0.15) is 41.1 Å². The number of ketones is 1. The second-order valence-electron chi connectivity index (χ2n) is 7.00. The minimum atomic E-state index is 0.0194. The van der Waals surface area contributed by atoms with Crippen LogP contribution in [0.4, 0.5) is 0 Å². The van der Waals surface area contributed by atoms with E-state index in [1.165, 1.54) is 10.8 Å². The summed E-state index contributed by atoms with van der Waals surface area (Å²) in [5.74, 6) is 1.08. The zero-order valence-corrected chi connectivity index (χ0v) is 15.2. The number of carbonyl (C=O) groups excluding carboxylic acids is 1. The molecule has 0 spiro atoms. The topological polar surface area (TPSA) is 61.6 Å². The lowest BCUT2D eigenvalue weighted by Crippen LogP contribution is -2.05. The molecule has 1 unspecified atom stereocenters. The largest absolute Gasteiger partial charge is 0.381 e. The molecular formula is C22H23NO4. The second kappa shape index (κ2) is 8.46. The highest BCUT2D eigenvalue weighted by molar-refractivity contribution is 5.94. The van der Waals surface area contributed by atoms with E-state index in [1.807, 2.05) is 18.2 Å². The van der Waals surface area contributed by atoms with Crippen molar-refractivity contribution in [3.8, 4) is 0 Å². The van der Waals surface area contributed by atoms with Gasteiger partial charge in [0.05, 0.1) is 6.61 Å². The Labute approximate surface area is 158 Å².